The van der Waals surface area contributed by atoms with Gasteiger partial charge in [0.05, 0.1) is 13.2 Å². The Kier molecular flexibility index (Phi) is 5.10. The van der Waals surface area contributed by atoms with Gasteiger partial charge in [0, 0.05) is 16.2 Å². The molecule has 0 amide bonds. The number of hydrogen-bond donors (Lipinski definition) is 1. The Bertz CT molecular complexity index is 579. The smallest absolute Gasteiger partial charge is 0.125 e. The normalized spacial score (nSPS) is 12.2. The first-order valence-electron chi connectivity index (χ1n) is 6.65. The van der Waals surface area contributed by atoms with E-state index in [4.69, 9.17) is 4.74 Å². The number of aryl methyl sites for hydroxylation is 1. The van der Waals surface area contributed by atoms with E-state index in [1.165, 1.54) is 11.1 Å². The van der Waals surface area contributed by atoms with E-state index in [0.717, 1.165) is 22.0 Å². The fraction of sp³-hybridized carbons (Fsp3) is 0.294. The van der Waals surface area contributed by atoms with Crippen molar-refractivity contribution in [3.8, 4) is 5.75 Å². The molecular weight excluding hydrogens is 268 g/mol. The maximum Gasteiger partial charge on any atom is 0.125 e. The third kappa shape index (κ3) is 3.35. The highest BCUT2D eigenvalue weighted by Crippen LogP contribution is 2.36. The molecule has 0 aliphatic rings. The molecule has 1 unspecified atom stereocenters. The van der Waals surface area contributed by atoms with Crippen molar-refractivity contribution in [1.82, 2.24) is 0 Å². The van der Waals surface area contributed by atoms with Gasteiger partial charge in [0.25, 0.3) is 0 Å². The highest BCUT2D eigenvalue weighted by Gasteiger charge is 2.14. The molecule has 0 aliphatic carbocycles. The number of thioether (sulfide) groups is 1. The van der Waals surface area contributed by atoms with Crippen LogP contribution in [0.25, 0.3) is 0 Å². The van der Waals surface area contributed by atoms with Gasteiger partial charge in [-0.1, -0.05) is 30.3 Å². The molecule has 0 saturated heterocycles. The Morgan fingerprint density at radius 2 is 1.90 bits per heavy atom. The van der Waals surface area contributed by atoms with Gasteiger partial charge in [-0.25, -0.2) is 0 Å². The van der Waals surface area contributed by atoms with E-state index in [2.05, 4.69) is 31.2 Å². The molecule has 2 aromatic rings. The predicted octanol–water partition coefficient (Wildman–Crippen LogP) is 4.35. The van der Waals surface area contributed by atoms with Crippen molar-refractivity contribution in [1.29, 1.82) is 0 Å². The number of aliphatic hydroxyl groups excluding tert-OH is 1. The second-order valence-electron chi connectivity index (χ2n) is 4.76. The van der Waals surface area contributed by atoms with Crippen LogP contribution in [0.2, 0.25) is 0 Å². The zero-order chi connectivity index (χ0) is 14.5. The van der Waals surface area contributed by atoms with Crippen LogP contribution in [0.5, 0.6) is 5.75 Å². The first kappa shape index (κ1) is 14.9. The van der Waals surface area contributed by atoms with Crippen LogP contribution in [0.1, 0.15) is 29.7 Å². The lowest BCUT2D eigenvalue weighted by molar-refractivity contribution is 0.191. The molecule has 0 radical (unpaired) electrons. The summed E-state index contributed by atoms with van der Waals surface area (Å²) in [4.78, 5) is 1.07. The van der Waals surface area contributed by atoms with Gasteiger partial charge in [-0.3, -0.25) is 0 Å². The van der Waals surface area contributed by atoms with Crippen molar-refractivity contribution in [3.05, 3.63) is 59.2 Å². The summed E-state index contributed by atoms with van der Waals surface area (Å²) in [5.41, 5.74) is 3.48. The maximum absolute atomic E-state index is 9.97. The molecule has 3 heteroatoms. The second-order valence-corrected chi connectivity index (χ2v) is 5.78. The van der Waals surface area contributed by atoms with Crippen LogP contribution in [-0.2, 0) is 5.75 Å². The molecule has 2 nitrogen and oxygen atoms in total. The zero-order valence-electron chi connectivity index (χ0n) is 12.1. The number of rotatable bonds is 5. The van der Waals surface area contributed by atoms with Crippen LogP contribution >= 0.6 is 11.8 Å². The van der Waals surface area contributed by atoms with E-state index >= 15 is 0 Å². The van der Waals surface area contributed by atoms with Gasteiger partial charge < -0.3 is 9.84 Å². The van der Waals surface area contributed by atoms with Gasteiger partial charge in [0.2, 0.25) is 0 Å². The van der Waals surface area contributed by atoms with E-state index < -0.39 is 6.10 Å². The van der Waals surface area contributed by atoms with Crippen LogP contribution in [0.4, 0.5) is 0 Å². The van der Waals surface area contributed by atoms with E-state index in [1.54, 1.807) is 25.8 Å². The van der Waals surface area contributed by atoms with Crippen LogP contribution in [-0.4, -0.2) is 12.2 Å². The average molecular weight is 288 g/mol. The Balaban J connectivity index is 2.24. The number of methoxy groups -OCH3 is 1. The van der Waals surface area contributed by atoms with Crippen LogP contribution in [0.3, 0.4) is 0 Å². The predicted molar refractivity (Wildman–Crippen MR) is 84.4 cm³/mol. The molecule has 2 aromatic carbocycles. The molecule has 1 N–H and O–H groups in total. The van der Waals surface area contributed by atoms with Crippen molar-refractivity contribution in [2.45, 2.75) is 30.6 Å². The lowest BCUT2D eigenvalue weighted by atomic mass is 10.1. The molecular formula is C17H20O2S. The molecule has 0 aromatic heterocycles. The number of aliphatic hydroxyl groups is 1. The topological polar surface area (TPSA) is 29.5 Å². The number of hydrogen-bond acceptors (Lipinski definition) is 3. The van der Waals surface area contributed by atoms with Gasteiger partial charge in [-0.15, -0.1) is 11.8 Å². The van der Waals surface area contributed by atoms with Crippen molar-refractivity contribution < 1.29 is 9.84 Å². The van der Waals surface area contributed by atoms with Crippen LogP contribution in [0, 0.1) is 6.92 Å². The monoisotopic (exact) mass is 288 g/mol. The molecule has 0 bridgehead atoms. The highest BCUT2D eigenvalue weighted by atomic mass is 32.2. The summed E-state index contributed by atoms with van der Waals surface area (Å²) in [6.07, 6.45) is -0.537. The van der Waals surface area contributed by atoms with Gasteiger partial charge in [-0.2, -0.15) is 0 Å². The van der Waals surface area contributed by atoms with E-state index in [9.17, 15) is 5.11 Å². The minimum atomic E-state index is -0.537. The van der Waals surface area contributed by atoms with E-state index in [1.807, 2.05) is 18.2 Å². The number of ether oxygens (including phenoxy) is 1. The Hall–Kier alpha value is -1.45. The minimum Gasteiger partial charge on any atom is -0.496 e. The molecule has 20 heavy (non-hydrogen) atoms. The van der Waals surface area contributed by atoms with Gasteiger partial charge in [-0.05, 0) is 37.1 Å². The fourth-order valence-electron chi connectivity index (χ4n) is 2.17. The largest absolute Gasteiger partial charge is 0.496 e. The second kappa shape index (κ2) is 6.82. The Morgan fingerprint density at radius 1 is 1.15 bits per heavy atom. The van der Waals surface area contributed by atoms with Gasteiger partial charge in [0.15, 0.2) is 0 Å². The number of benzene rings is 2. The third-order valence-corrected chi connectivity index (χ3v) is 4.43. The molecule has 1 atom stereocenters. The molecule has 0 saturated carbocycles. The fourth-order valence-corrected chi connectivity index (χ4v) is 3.40. The van der Waals surface area contributed by atoms with Crippen molar-refractivity contribution in [2.24, 2.45) is 0 Å². The molecule has 2 rings (SSSR count). The maximum atomic E-state index is 9.97. The van der Waals surface area contributed by atoms with Gasteiger partial charge in [0.1, 0.15) is 5.75 Å². The van der Waals surface area contributed by atoms with Gasteiger partial charge >= 0.3 is 0 Å². The highest BCUT2D eigenvalue weighted by molar-refractivity contribution is 7.98. The lowest BCUT2D eigenvalue weighted by Gasteiger charge is -2.16. The summed E-state index contributed by atoms with van der Waals surface area (Å²) in [7, 11) is 1.64. The summed E-state index contributed by atoms with van der Waals surface area (Å²) >= 11 is 1.73. The Labute approximate surface area is 124 Å². The van der Waals surface area contributed by atoms with Crippen LogP contribution < -0.4 is 4.74 Å². The minimum absolute atomic E-state index is 0.537. The summed E-state index contributed by atoms with van der Waals surface area (Å²) in [6, 6.07) is 14.3. The average Bonchev–Trinajstić information content (AvgIpc) is 2.45. The summed E-state index contributed by atoms with van der Waals surface area (Å²) < 4.78 is 5.35. The Morgan fingerprint density at radius 3 is 2.55 bits per heavy atom. The summed E-state index contributed by atoms with van der Waals surface area (Å²) in [5.74, 6) is 1.63. The molecule has 106 valence electrons. The standard InChI is InChI=1S/C17H20O2S/c1-12-7-4-5-8-14(12)11-20-16-10-6-9-15(19-3)17(16)13(2)18/h4-10,13,18H,11H2,1-3H3. The molecule has 0 heterocycles. The van der Waals surface area contributed by atoms with Crippen molar-refractivity contribution in [3.63, 3.8) is 0 Å². The van der Waals surface area contributed by atoms with Crippen molar-refractivity contribution in [2.75, 3.05) is 7.11 Å². The first-order chi connectivity index (χ1) is 9.63. The quantitative estimate of drug-likeness (QED) is 0.829. The van der Waals surface area contributed by atoms with E-state index in [-0.39, 0.29) is 0 Å². The zero-order valence-corrected chi connectivity index (χ0v) is 12.9. The van der Waals surface area contributed by atoms with Crippen LogP contribution in [0.15, 0.2) is 47.4 Å². The molecule has 0 fully saturated rings. The first-order valence-corrected chi connectivity index (χ1v) is 7.64. The summed E-state index contributed by atoms with van der Waals surface area (Å²) in [5, 5.41) is 9.97. The molecule has 0 spiro atoms. The summed E-state index contributed by atoms with van der Waals surface area (Å²) in [6.45, 7) is 3.90. The lowest BCUT2D eigenvalue weighted by Crippen LogP contribution is -1.99. The van der Waals surface area contributed by atoms with E-state index in [0.29, 0.717) is 0 Å². The molecule has 0 aliphatic heterocycles. The third-order valence-electron chi connectivity index (χ3n) is 3.31. The SMILES string of the molecule is COc1cccc(SCc2ccccc2C)c1C(C)O. The van der Waals surface area contributed by atoms with Crippen molar-refractivity contribution >= 4 is 11.8 Å².